The predicted octanol–water partition coefficient (Wildman–Crippen LogP) is 1.81. The number of hydrogen-bond acceptors (Lipinski definition) is 5. The molecular weight excluding hydrogens is 333 g/mol. The molecule has 0 aliphatic carbocycles. The van der Waals surface area contributed by atoms with E-state index < -0.39 is 0 Å². The van der Waals surface area contributed by atoms with Crippen molar-refractivity contribution in [1.29, 1.82) is 5.26 Å². The minimum atomic E-state index is -0.260. The molecule has 0 aliphatic rings. The van der Waals surface area contributed by atoms with Gasteiger partial charge >= 0.3 is 5.97 Å². The number of thioether (sulfide) groups is 1. The fourth-order valence-electron chi connectivity index (χ4n) is 2.71. The fourth-order valence-corrected chi connectivity index (χ4v) is 3.54. The molecule has 0 saturated heterocycles. The van der Waals surface area contributed by atoms with Crippen LogP contribution >= 0.6 is 11.8 Å². The van der Waals surface area contributed by atoms with Gasteiger partial charge in [0.15, 0.2) is 13.0 Å². The number of fused-ring (bicyclic) bond motifs is 1. The van der Waals surface area contributed by atoms with Crippen LogP contribution in [0.15, 0.2) is 47.8 Å². The number of ether oxygens (including phenoxy) is 1. The van der Waals surface area contributed by atoms with E-state index in [9.17, 15) is 10.1 Å². The average molecular weight is 349 g/mol. The molecule has 124 valence electrons. The molecular formula is C18H16BN3O2S. The summed E-state index contributed by atoms with van der Waals surface area (Å²) in [6, 6.07) is 13.8. The summed E-state index contributed by atoms with van der Waals surface area (Å²) in [7, 11) is 1.97. The maximum absolute atomic E-state index is 11.7. The lowest BCUT2D eigenvalue weighted by Crippen LogP contribution is -2.16. The van der Waals surface area contributed by atoms with Crippen LogP contribution in [0.3, 0.4) is 0 Å². The zero-order chi connectivity index (χ0) is 17.8. The van der Waals surface area contributed by atoms with E-state index in [4.69, 9.17) is 4.74 Å². The first-order chi connectivity index (χ1) is 12.2. The molecule has 0 unspecified atom stereocenters. The number of nitrogens with zero attached hydrogens (tertiary/aromatic N) is 3. The van der Waals surface area contributed by atoms with Gasteiger partial charge in [-0.3, -0.25) is 4.79 Å². The SMILES string of the molecule is Bc1cnc(SCC(=O)OCC)n1-c1ccc(C#N)c2ccccc12. The number of rotatable bonds is 5. The Labute approximate surface area is 151 Å². The Morgan fingerprint density at radius 1 is 1.32 bits per heavy atom. The molecule has 0 atom stereocenters. The number of carbonyl (C=O) groups excluding carboxylic acids is 1. The molecule has 0 N–H and O–H groups in total. The van der Waals surface area contributed by atoms with Crippen molar-refractivity contribution in [3.63, 3.8) is 0 Å². The fraction of sp³-hybridized carbons (Fsp3) is 0.167. The van der Waals surface area contributed by atoms with Crippen LogP contribution in [-0.4, -0.2) is 35.7 Å². The summed E-state index contributed by atoms with van der Waals surface area (Å²) in [5.74, 6) is -0.0530. The molecule has 0 radical (unpaired) electrons. The van der Waals surface area contributed by atoms with Crippen molar-refractivity contribution in [3.05, 3.63) is 48.2 Å². The lowest BCUT2D eigenvalue weighted by atomic mass is 10.0. The molecule has 0 fully saturated rings. The second kappa shape index (κ2) is 7.45. The van der Waals surface area contributed by atoms with E-state index in [-0.39, 0.29) is 11.7 Å². The number of imidazole rings is 1. The summed E-state index contributed by atoms with van der Waals surface area (Å²) < 4.78 is 6.99. The van der Waals surface area contributed by atoms with E-state index in [1.807, 2.05) is 48.8 Å². The van der Waals surface area contributed by atoms with Gasteiger partial charge < -0.3 is 9.30 Å². The molecule has 0 saturated carbocycles. The quantitative estimate of drug-likeness (QED) is 0.399. The molecule has 25 heavy (non-hydrogen) atoms. The van der Waals surface area contributed by atoms with E-state index in [0.717, 1.165) is 27.2 Å². The van der Waals surface area contributed by atoms with E-state index in [1.165, 1.54) is 11.8 Å². The Bertz CT molecular complexity index is 978. The summed E-state index contributed by atoms with van der Waals surface area (Å²) in [5.41, 5.74) is 2.54. The van der Waals surface area contributed by atoms with Crippen LogP contribution in [0.1, 0.15) is 12.5 Å². The Morgan fingerprint density at radius 3 is 2.80 bits per heavy atom. The van der Waals surface area contributed by atoms with Gasteiger partial charge in [0.1, 0.15) is 0 Å². The van der Waals surface area contributed by atoms with Gasteiger partial charge in [-0.1, -0.05) is 36.0 Å². The van der Waals surface area contributed by atoms with Gasteiger partial charge in [0.2, 0.25) is 0 Å². The molecule has 0 spiro atoms. The van der Waals surface area contributed by atoms with Gasteiger partial charge in [-0.2, -0.15) is 5.26 Å². The molecule has 1 heterocycles. The van der Waals surface area contributed by atoms with Crippen molar-refractivity contribution in [2.45, 2.75) is 12.1 Å². The first-order valence-corrected chi connectivity index (χ1v) is 8.89. The van der Waals surface area contributed by atoms with Crippen molar-refractivity contribution in [2.24, 2.45) is 0 Å². The average Bonchev–Trinajstić information content (AvgIpc) is 2.99. The van der Waals surface area contributed by atoms with Gasteiger partial charge in [-0.15, -0.1) is 0 Å². The predicted molar refractivity (Wildman–Crippen MR) is 101 cm³/mol. The Morgan fingerprint density at radius 2 is 2.08 bits per heavy atom. The van der Waals surface area contributed by atoms with Gasteiger partial charge in [-0.05, 0) is 24.6 Å². The van der Waals surface area contributed by atoms with Crippen LogP contribution in [0.25, 0.3) is 16.5 Å². The highest BCUT2D eigenvalue weighted by Crippen LogP contribution is 2.28. The lowest BCUT2D eigenvalue weighted by Gasteiger charge is -2.13. The Balaban J connectivity index is 2.06. The minimum Gasteiger partial charge on any atom is -0.465 e. The zero-order valence-electron chi connectivity index (χ0n) is 14.0. The molecule has 0 bridgehead atoms. The highest BCUT2D eigenvalue weighted by molar-refractivity contribution is 7.99. The van der Waals surface area contributed by atoms with Crippen LogP contribution in [0.5, 0.6) is 0 Å². The topological polar surface area (TPSA) is 67.9 Å². The molecule has 0 aliphatic heterocycles. The molecule has 2 aromatic carbocycles. The second-order valence-electron chi connectivity index (χ2n) is 5.40. The number of nitriles is 1. The highest BCUT2D eigenvalue weighted by Gasteiger charge is 2.15. The van der Waals surface area contributed by atoms with Gasteiger partial charge in [-0.25, -0.2) is 4.98 Å². The number of carbonyl (C=O) groups is 1. The standard InChI is InChI=1S/C18H16BN3O2S/c1-2-24-17(23)11-25-18-21-10-16(19)22(18)15-8-7-12(9-20)13-5-3-4-6-14(13)15/h3-8,10H,2,11,19H2,1H3. The van der Waals surface area contributed by atoms with E-state index >= 15 is 0 Å². The van der Waals surface area contributed by atoms with Crippen molar-refractivity contribution in [3.8, 4) is 11.8 Å². The second-order valence-corrected chi connectivity index (χ2v) is 6.34. The summed E-state index contributed by atoms with van der Waals surface area (Å²) >= 11 is 1.34. The molecule has 1 aromatic heterocycles. The van der Waals surface area contributed by atoms with Crippen LogP contribution in [-0.2, 0) is 9.53 Å². The first kappa shape index (κ1) is 17.1. The maximum Gasteiger partial charge on any atom is 0.316 e. The minimum absolute atomic E-state index is 0.207. The normalized spacial score (nSPS) is 10.6. The number of benzene rings is 2. The van der Waals surface area contributed by atoms with Gasteiger partial charge in [0.25, 0.3) is 0 Å². The Hall–Kier alpha value is -2.72. The number of aromatic nitrogens is 2. The van der Waals surface area contributed by atoms with Crippen LogP contribution in [0.4, 0.5) is 0 Å². The van der Waals surface area contributed by atoms with Crippen molar-refractivity contribution < 1.29 is 9.53 Å². The van der Waals surface area contributed by atoms with Gasteiger partial charge in [0.05, 0.1) is 29.7 Å². The molecule has 3 aromatic rings. The van der Waals surface area contributed by atoms with Crippen molar-refractivity contribution in [1.82, 2.24) is 9.55 Å². The van der Waals surface area contributed by atoms with Gasteiger partial charge in [0, 0.05) is 17.0 Å². The molecule has 3 rings (SSSR count). The lowest BCUT2D eigenvalue weighted by molar-refractivity contribution is -0.139. The highest BCUT2D eigenvalue weighted by atomic mass is 32.2. The van der Waals surface area contributed by atoms with Crippen molar-refractivity contribution in [2.75, 3.05) is 12.4 Å². The van der Waals surface area contributed by atoms with Crippen LogP contribution in [0, 0.1) is 11.3 Å². The largest absolute Gasteiger partial charge is 0.465 e. The van der Waals surface area contributed by atoms with Crippen LogP contribution < -0.4 is 5.59 Å². The summed E-state index contributed by atoms with van der Waals surface area (Å²) in [6.07, 6.45) is 1.78. The third kappa shape index (κ3) is 3.40. The number of hydrogen-bond donors (Lipinski definition) is 0. The third-order valence-electron chi connectivity index (χ3n) is 3.79. The zero-order valence-corrected chi connectivity index (χ0v) is 14.8. The van der Waals surface area contributed by atoms with Crippen LogP contribution in [0.2, 0.25) is 0 Å². The maximum atomic E-state index is 11.7. The molecule has 0 amide bonds. The molecule has 5 nitrogen and oxygen atoms in total. The van der Waals surface area contributed by atoms with Crippen molar-refractivity contribution >= 4 is 41.9 Å². The monoisotopic (exact) mass is 349 g/mol. The van der Waals surface area contributed by atoms with E-state index in [1.54, 1.807) is 13.1 Å². The summed E-state index contributed by atoms with van der Waals surface area (Å²) in [4.78, 5) is 16.1. The summed E-state index contributed by atoms with van der Waals surface area (Å²) in [6.45, 7) is 2.16. The molecule has 7 heteroatoms. The first-order valence-electron chi connectivity index (χ1n) is 7.90. The van der Waals surface area contributed by atoms with E-state index in [2.05, 4.69) is 11.1 Å². The number of esters is 1. The third-order valence-corrected chi connectivity index (χ3v) is 4.72. The smallest absolute Gasteiger partial charge is 0.316 e. The Kier molecular flexibility index (Phi) is 5.10. The summed E-state index contributed by atoms with van der Waals surface area (Å²) in [5, 5.41) is 11.9. The van der Waals surface area contributed by atoms with E-state index in [0.29, 0.717) is 12.2 Å².